The van der Waals surface area contributed by atoms with Crippen molar-refractivity contribution in [1.29, 1.82) is 0 Å². The summed E-state index contributed by atoms with van der Waals surface area (Å²) in [4.78, 5) is 24.6. The molecule has 0 bridgehead atoms. The number of rotatable bonds is 6. The lowest BCUT2D eigenvalue weighted by atomic mass is 10.1. The molecule has 8 heteroatoms. The Balaban J connectivity index is 2.14. The number of benzene rings is 2. The number of ether oxygens (including phenoxy) is 1. The smallest absolute Gasteiger partial charge is 0.261 e. The molecule has 0 aliphatic rings. The minimum absolute atomic E-state index is 0.0813. The molecule has 0 aliphatic carbocycles. The topological polar surface area (TPSA) is 79.5 Å². The Morgan fingerprint density at radius 3 is 2.56 bits per heavy atom. The first-order valence-electron chi connectivity index (χ1n) is 8.32. The summed E-state index contributed by atoms with van der Waals surface area (Å²) in [6, 6.07) is 12.1. The van der Waals surface area contributed by atoms with E-state index < -0.39 is 5.91 Å². The quantitative estimate of drug-likeness (QED) is 0.585. The second kappa shape index (κ2) is 10.0. The largest absolute Gasteiger partial charge is 0.493 e. The lowest BCUT2D eigenvalue weighted by Gasteiger charge is -2.14. The number of carbonyl (C=O) groups excluding carboxylic acids is 2. The Kier molecular flexibility index (Phi) is 7.75. The van der Waals surface area contributed by atoms with Crippen LogP contribution in [0.2, 0.25) is 0 Å². The van der Waals surface area contributed by atoms with Crippen molar-refractivity contribution in [2.75, 3.05) is 19.0 Å². The zero-order valence-corrected chi connectivity index (χ0v) is 17.4. The van der Waals surface area contributed by atoms with Crippen LogP contribution in [0.25, 0.3) is 0 Å². The van der Waals surface area contributed by atoms with Crippen molar-refractivity contribution in [2.45, 2.75) is 13.3 Å². The Bertz CT molecular complexity index is 858. The summed E-state index contributed by atoms with van der Waals surface area (Å²) in [7, 11) is 1.55. The molecule has 0 saturated heterocycles. The summed E-state index contributed by atoms with van der Waals surface area (Å²) in [6.07, 6.45) is 0.827. The Morgan fingerprint density at radius 1 is 1.11 bits per heavy atom. The van der Waals surface area contributed by atoms with E-state index in [4.69, 9.17) is 17.0 Å². The predicted octanol–water partition coefficient (Wildman–Crippen LogP) is 3.72. The molecule has 0 radical (unpaired) electrons. The highest BCUT2D eigenvalue weighted by Crippen LogP contribution is 2.23. The zero-order chi connectivity index (χ0) is 19.8. The molecular weight excluding hydrogens is 430 g/mol. The summed E-state index contributed by atoms with van der Waals surface area (Å²) in [6.45, 7) is 2.49. The average Bonchev–Trinajstić information content (AvgIpc) is 2.66. The first kappa shape index (κ1) is 20.9. The van der Waals surface area contributed by atoms with Crippen molar-refractivity contribution in [3.63, 3.8) is 0 Å². The van der Waals surface area contributed by atoms with Crippen LogP contribution in [0.5, 0.6) is 5.75 Å². The third-order valence-corrected chi connectivity index (χ3v) is 4.22. The number of hydrogen-bond acceptors (Lipinski definition) is 4. The van der Waals surface area contributed by atoms with Crippen molar-refractivity contribution >= 4 is 50.8 Å². The molecule has 0 fully saturated rings. The second-order valence-corrected chi connectivity index (χ2v) is 6.85. The van der Waals surface area contributed by atoms with E-state index in [2.05, 4.69) is 31.9 Å². The number of nitrogens with one attached hydrogen (secondary N) is 3. The molecule has 2 amide bonds. The molecule has 2 aromatic rings. The van der Waals surface area contributed by atoms with Crippen LogP contribution in [0.4, 0.5) is 5.69 Å². The fourth-order valence-corrected chi connectivity index (χ4v) is 2.83. The molecule has 0 aliphatic heterocycles. The van der Waals surface area contributed by atoms with Gasteiger partial charge in [-0.1, -0.05) is 35.0 Å². The highest BCUT2D eigenvalue weighted by molar-refractivity contribution is 9.10. The molecule has 2 rings (SSSR count). The molecule has 6 nitrogen and oxygen atoms in total. The van der Waals surface area contributed by atoms with Gasteiger partial charge in [-0.25, -0.2) is 0 Å². The summed E-state index contributed by atoms with van der Waals surface area (Å²) in [5, 5.41) is 8.16. The number of hydrogen-bond donors (Lipinski definition) is 3. The fraction of sp³-hybridized carbons (Fsp3) is 0.211. The van der Waals surface area contributed by atoms with Crippen LogP contribution in [0.1, 0.15) is 34.1 Å². The van der Waals surface area contributed by atoms with Crippen LogP contribution in [0.15, 0.2) is 46.9 Å². The van der Waals surface area contributed by atoms with Crippen LogP contribution >= 0.6 is 28.1 Å². The SMILES string of the molecule is CCCOc1ccc(Br)cc1C(=O)NC(=S)Nc1ccccc1C(=O)NC. The van der Waals surface area contributed by atoms with Crippen molar-refractivity contribution in [3.05, 3.63) is 58.1 Å². The number of halogens is 1. The second-order valence-electron chi connectivity index (χ2n) is 5.52. The Morgan fingerprint density at radius 2 is 1.85 bits per heavy atom. The lowest BCUT2D eigenvalue weighted by molar-refractivity contribution is 0.0960. The molecule has 2 aromatic carbocycles. The first-order valence-corrected chi connectivity index (χ1v) is 9.52. The van der Waals surface area contributed by atoms with Crippen LogP contribution in [-0.4, -0.2) is 30.6 Å². The lowest BCUT2D eigenvalue weighted by Crippen LogP contribution is -2.35. The van der Waals surface area contributed by atoms with Gasteiger partial charge < -0.3 is 15.4 Å². The maximum Gasteiger partial charge on any atom is 0.261 e. The van der Waals surface area contributed by atoms with E-state index in [1.54, 1.807) is 49.5 Å². The minimum Gasteiger partial charge on any atom is -0.493 e. The number of carbonyl (C=O) groups is 2. The van der Waals surface area contributed by atoms with Gasteiger partial charge in [0, 0.05) is 11.5 Å². The minimum atomic E-state index is -0.405. The van der Waals surface area contributed by atoms with Crippen LogP contribution < -0.4 is 20.7 Å². The van der Waals surface area contributed by atoms with E-state index in [1.165, 1.54) is 0 Å². The molecule has 0 atom stereocenters. The van der Waals surface area contributed by atoms with Gasteiger partial charge in [0.2, 0.25) is 0 Å². The van der Waals surface area contributed by atoms with Crippen molar-refractivity contribution in [2.24, 2.45) is 0 Å². The molecule has 0 aromatic heterocycles. The highest BCUT2D eigenvalue weighted by Gasteiger charge is 2.16. The molecule has 3 N–H and O–H groups in total. The number of anilines is 1. The highest BCUT2D eigenvalue weighted by atomic mass is 79.9. The van der Waals surface area contributed by atoms with E-state index in [0.717, 1.165) is 10.9 Å². The maximum atomic E-state index is 12.6. The molecule has 0 spiro atoms. The van der Waals surface area contributed by atoms with Gasteiger partial charge in [-0.15, -0.1) is 0 Å². The molecular formula is C19H20BrN3O3S. The van der Waals surface area contributed by atoms with Crippen LogP contribution in [0, 0.1) is 0 Å². The van der Waals surface area contributed by atoms with Crippen molar-refractivity contribution in [1.82, 2.24) is 10.6 Å². The first-order chi connectivity index (χ1) is 13.0. The van der Waals surface area contributed by atoms with Gasteiger partial charge in [-0.2, -0.15) is 0 Å². The van der Waals surface area contributed by atoms with E-state index in [1.807, 2.05) is 6.92 Å². The summed E-state index contributed by atoms with van der Waals surface area (Å²) >= 11 is 8.59. The molecule has 0 saturated carbocycles. The zero-order valence-electron chi connectivity index (χ0n) is 15.0. The predicted molar refractivity (Wildman–Crippen MR) is 113 cm³/mol. The van der Waals surface area contributed by atoms with Gasteiger partial charge in [0.25, 0.3) is 11.8 Å². The van der Waals surface area contributed by atoms with Gasteiger partial charge in [0.1, 0.15) is 5.75 Å². The van der Waals surface area contributed by atoms with Crippen molar-refractivity contribution in [3.8, 4) is 5.75 Å². The number of thiocarbonyl (C=S) groups is 1. The summed E-state index contributed by atoms with van der Waals surface area (Å²) < 4.78 is 6.38. The Labute approximate surface area is 171 Å². The van der Waals surface area contributed by atoms with E-state index >= 15 is 0 Å². The van der Waals surface area contributed by atoms with Crippen LogP contribution in [0.3, 0.4) is 0 Å². The number of amides is 2. The summed E-state index contributed by atoms with van der Waals surface area (Å²) in [5.41, 5.74) is 1.28. The fourth-order valence-electron chi connectivity index (χ4n) is 2.27. The van der Waals surface area contributed by atoms with E-state index in [0.29, 0.717) is 29.2 Å². The van der Waals surface area contributed by atoms with Gasteiger partial charge >= 0.3 is 0 Å². The molecule has 142 valence electrons. The van der Waals surface area contributed by atoms with Crippen LogP contribution in [-0.2, 0) is 0 Å². The monoisotopic (exact) mass is 449 g/mol. The van der Waals surface area contributed by atoms with Crippen molar-refractivity contribution < 1.29 is 14.3 Å². The van der Waals surface area contributed by atoms with Gasteiger partial charge in [-0.3, -0.25) is 14.9 Å². The summed E-state index contributed by atoms with van der Waals surface area (Å²) in [5.74, 6) is -0.182. The van der Waals surface area contributed by atoms with Gasteiger partial charge in [0.15, 0.2) is 5.11 Å². The van der Waals surface area contributed by atoms with E-state index in [9.17, 15) is 9.59 Å². The van der Waals surface area contributed by atoms with Gasteiger partial charge in [-0.05, 0) is 49.0 Å². The van der Waals surface area contributed by atoms with Gasteiger partial charge in [0.05, 0.1) is 23.4 Å². The van der Waals surface area contributed by atoms with E-state index in [-0.39, 0.29) is 11.0 Å². The normalized spacial score (nSPS) is 10.0. The third kappa shape index (κ3) is 5.77. The third-order valence-electron chi connectivity index (χ3n) is 3.52. The standard InChI is InChI=1S/C19H20BrN3O3S/c1-3-10-26-16-9-8-12(20)11-14(16)18(25)23-19(27)22-15-7-5-4-6-13(15)17(24)21-2/h4-9,11H,3,10H2,1-2H3,(H,21,24)(H2,22,23,25,27). The maximum absolute atomic E-state index is 12.6. The number of para-hydroxylation sites is 1. The molecule has 0 unspecified atom stereocenters. The molecule has 0 heterocycles. The Hall–Kier alpha value is -2.45. The average molecular weight is 450 g/mol. The molecule has 27 heavy (non-hydrogen) atoms.